The molecule has 0 spiro atoms. The van der Waals surface area contributed by atoms with Crippen molar-refractivity contribution in [3.8, 4) is 0 Å². The molecule has 37 heavy (non-hydrogen) atoms. The predicted molar refractivity (Wildman–Crippen MR) is 140 cm³/mol. The predicted octanol–water partition coefficient (Wildman–Crippen LogP) is 2.45. The molecule has 0 aliphatic carbocycles. The van der Waals surface area contributed by atoms with E-state index in [9.17, 15) is 22.8 Å². The fraction of sp³-hybridized carbons (Fsp3) is 0.444. The van der Waals surface area contributed by atoms with Crippen LogP contribution < -0.4 is 16.0 Å². The summed E-state index contributed by atoms with van der Waals surface area (Å²) in [6.45, 7) is 5.58. The van der Waals surface area contributed by atoms with Crippen LogP contribution in [0.4, 0.5) is 0 Å². The Morgan fingerprint density at radius 1 is 1.05 bits per heavy atom. The van der Waals surface area contributed by atoms with E-state index in [0.717, 1.165) is 11.1 Å². The van der Waals surface area contributed by atoms with Gasteiger partial charge in [-0.25, -0.2) is 0 Å². The van der Waals surface area contributed by atoms with Crippen molar-refractivity contribution in [2.24, 2.45) is 5.92 Å². The summed E-state index contributed by atoms with van der Waals surface area (Å²) < 4.78 is 31.3. The molecule has 3 rings (SSSR count). The van der Waals surface area contributed by atoms with Crippen LogP contribution in [0, 0.1) is 12.8 Å². The summed E-state index contributed by atoms with van der Waals surface area (Å²) >= 11 is 0. The van der Waals surface area contributed by atoms with Gasteiger partial charge >= 0.3 is 0 Å². The summed E-state index contributed by atoms with van der Waals surface area (Å²) in [6.07, 6.45) is 0.590. The largest absolute Gasteiger partial charge is 0.356 e. The van der Waals surface area contributed by atoms with Gasteiger partial charge in [-0.05, 0) is 57.7 Å². The highest BCUT2D eigenvalue weighted by molar-refractivity contribution is 7.87. The van der Waals surface area contributed by atoms with Crippen molar-refractivity contribution in [3.63, 3.8) is 0 Å². The number of hydrogen-bond acceptors (Lipinski definition) is 6. The third-order valence-corrected chi connectivity index (χ3v) is 7.75. The number of carbonyl (C=O) groups excluding carboxylic acids is 3. The third kappa shape index (κ3) is 8.40. The van der Waals surface area contributed by atoms with E-state index in [0.29, 0.717) is 24.9 Å². The monoisotopic (exact) mass is 529 g/mol. The van der Waals surface area contributed by atoms with Crippen molar-refractivity contribution in [2.45, 2.75) is 64.0 Å². The van der Waals surface area contributed by atoms with Gasteiger partial charge < -0.3 is 16.0 Å². The maximum atomic E-state index is 13.5. The quantitative estimate of drug-likeness (QED) is 0.383. The first-order valence-corrected chi connectivity index (χ1v) is 13.9. The molecule has 3 atom stereocenters. The smallest absolute Gasteiger partial charge is 0.288 e. The molecular formula is C27H35N3O6S. The molecule has 0 bridgehead atoms. The summed E-state index contributed by atoms with van der Waals surface area (Å²) in [6, 6.07) is 15.0. The molecule has 200 valence electrons. The Morgan fingerprint density at radius 2 is 1.73 bits per heavy atom. The molecule has 1 aliphatic rings. The summed E-state index contributed by atoms with van der Waals surface area (Å²) in [5, 5.41) is 6.60. The average Bonchev–Trinajstić information content (AvgIpc) is 2.84. The Kier molecular flexibility index (Phi) is 9.82. The van der Waals surface area contributed by atoms with E-state index < -0.39 is 45.4 Å². The number of amides is 3. The number of nitrogens with one attached hydrogen (secondary N) is 3. The van der Waals surface area contributed by atoms with Crippen molar-refractivity contribution in [3.05, 3.63) is 71.3 Å². The van der Waals surface area contributed by atoms with E-state index in [4.69, 9.17) is 4.18 Å². The van der Waals surface area contributed by atoms with Gasteiger partial charge in [-0.2, -0.15) is 8.42 Å². The summed E-state index contributed by atoms with van der Waals surface area (Å²) in [4.78, 5) is 38.8. The van der Waals surface area contributed by atoms with Crippen molar-refractivity contribution >= 4 is 27.8 Å². The number of rotatable bonds is 11. The van der Waals surface area contributed by atoms with Crippen molar-refractivity contribution < 1.29 is 27.0 Å². The van der Waals surface area contributed by atoms with E-state index in [1.807, 2.05) is 37.3 Å². The van der Waals surface area contributed by atoms with Crippen LogP contribution in [0.25, 0.3) is 0 Å². The molecule has 1 unspecified atom stereocenters. The lowest BCUT2D eigenvalue weighted by Gasteiger charge is -2.28. The minimum Gasteiger partial charge on any atom is -0.356 e. The molecule has 3 N–H and O–H groups in total. The molecule has 0 radical (unpaired) electrons. The second kappa shape index (κ2) is 12.8. The molecule has 2 aromatic carbocycles. The van der Waals surface area contributed by atoms with Gasteiger partial charge in [0.2, 0.25) is 11.8 Å². The second-order valence-corrected chi connectivity index (χ2v) is 11.3. The number of piperidine rings is 1. The molecule has 9 nitrogen and oxygen atoms in total. The molecule has 10 heteroatoms. The zero-order valence-electron chi connectivity index (χ0n) is 21.4. The Balaban J connectivity index is 1.85. The Bertz CT molecular complexity index is 1180. The van der Waals surface area contributed by atoms with Gasteiger partial charge in [0.05, 0.1) is 6.10 Å². The number of benzene rings is 2. The van der Waals surface area contributed by atoms with Crippen LogP contribution in [-0.2, 0) is 30.3 Å². The molecule has 0 aromatic heterocycles. The van der Waals surface area contributed by atoms with E-state index >= 15 is 0 Å². The Labute approximate surface area is 218 Å². The van der Waals surface area contributed by atoms with Gasteiger partial charge in [0.25, 0.3) is 16.0 Å². The molecule has 1 saturated heterocycles. The minimum atomic E-state index is -4.26. The molecular weight excluding hydrogens is 494 g/mol. The second-order valence-electron chi connectivity index (χ2n) is 9.58. The molecule has 1 fully saturated rings. The average molecular weight is 530 g/mol. The highest BCUT2D eigenvalue weighted by atomic mass is 32.2. The fourth-order valence-corrected chi connectivity index (χ4v) is 5.57. The van der Waals surface area contributed by atoms with Gasteiger partial charge in [-0.3, -0.25) is 18.6 Å². The lowest BCUT2D eigenvalue weighted by molar-refractivity contribution is -0.128. The molecule has 1 heterocycles. The highest BCUT2D eigenvalue weighted by Crippen LogP contribution is 2.22. The topological polar surface area (TPSA) is 131 Å². The summed E-state index contributed by atoms with van der Waals surface area (Å²) in [7, 11) is -4.26. The SMILES string of the molecule is Cc1ccc(C(=O)N[C@@H](Cc2ccccc2)C(=O)N[C@@H](CC2CCCNC2=O)S(=O)(=O)OC(C)C)cc1. The summed E-state index contributed by atoms with van der Waals surface area (Å²) in [5.41, 5.74) is 2.15. The standard InChI is InChI=1S/C27H35N3O6S/c1-18(2)36-37(34,35)24(17-22-10-7-15-28-25(22)31)30-27(33)23(16-20-8-5-4-6-9-20)29-26(32)21-13-11-19(3)12-14-21/h4-6,8-9,11-14,18,22-24H,7,10,15-17H2,1-3H3,(H,28,31)(H,29,32)(H,30,33)/t22?,23-,24+/m0/s1. The maximum Gasteiger partial charge on any atom is 0.288 e. The van der Waals surface area contributed by atoms with Crippen LogP contribution >= 0.6 is 0 Å². The first-order chi connectivity index (χ1) is 17.5. The van der Waals surface area contributed by atoms with Gasteiger partial charge in [0, 0.05) is 24.4 Å². The van der Waals surface area contributed by atoms with E-state index in [-0.39, 0.29) is 18.7 Å². The van der Waals surface area contributed by atoms with Crippen molar-refractivity contribution in [1.29, 1.82) is 0 Å². The Morgan fingerprint density at radius 3 is 2.35 bits per heavy atom. The van der Waals surface area contributed by atoms with Gasteiger partial charge in [-0.1, -0.05) is 48.0 Å². The van der Waals surface area contributed by atoms with E-state index in [1.165, 1.54) is 0 Å². The number of aryl methyl sites for hydroxylation is 1. The van der Waals surface area contributed by atoms with Crippen LogP contribution in [0.3, 0.4) is 0 Å². The zero-order valence-corrected chi connectivity index (χ0v) is 22.2. The van der Waals surface area contributed by atoms with Crippen LogP contribution in [0.1, 0.15) is 54.6 Å². The van der Waals surface area contributed by atoms with E-state index in [2.05, 4.69) is 16.0 Å². The highest BCUT2D eigenvalue weighted by Gasteiger charge is 2.36. The molecule has 3 amide bonds. The van der Waals surface area contributed by atoms with Crippen molar-refractivity contribution in [2.75, 3.05) is 6.54 Å². The van der Waals surface area contributed by atoms with Crippen LogP contribution in [0.2, 0.25) is 0 Å². The fourth-order valence-electron chi connectivity index (χ4n) is 4.17. The van der Waals surface area contributed by atoms with Gasteiger partial charge in [0.1, 0.15) is 6.04 Å². The van der Waals surface area contributed by atoms with Crippen molar-refractivity contribution in [1.82, 2.24) is 16.0 Å². The maximum absolute atomic E-state index is 13.5. The first kappa shape index (κ1) is 28.3. The van der Waals surface area contributed by atoms with E-state index in [1.54, 1.807) is 38.1 Å². The molecule has 1 aliphatic heterocycles. The lowest BCUT2D eigenvalue weighted by Crippen LogP contribution is -2.54. The summed E-state index contributed by atoms with van der Waals surface area (Å²) in [5.74, 6) is -1.97. The van der Waals surface area contributed by atoms with Gasteiger partial charge in [-0.15, -0.1) is 0 Å². The Hall–Kier alpha value is -3.24. The third-order valence-electron chi connectivity index (χ3n) is 6.09. The van der Waals surface area contributed by atoms with Crippen LogP contribution in [0.5, 0.6) is 0 Å². The zero-order chi connectivity index (χ0) is 27.0. The number of hydrogen-bond donors (Lipinski definition) is 3. The lowest BCUT2D eigenvalue weighted by atomic mass is 9.95. The molecule has 0 saturated carbocycles. The first-order valence-electron chi connectivity index (χ1n) is 12.5. The van der Waals surface area contributed by atoms with Crippen LogP contribution in [-0.4, -0.2) is 50.2 Å². The van der Waals surface area contributed by atoms with Crippen LogP contribution in [0.15, 0.2) is 54.6 Å². The van der Waals surface area contributed by atoms with Gasteiger partial charge in [0.15, 0.2) is 5.37 Å². The number of carbonyl (C=O) groups is 3. The molecule has 2 aromatic rings. The normalized spacial score (nSPS) is 17.5. The minimum absolute atomic E-state index is 0.128.